The number of hydrogen-bond acceptors (Lipinski definition) is 5. The zero-order valence-corrected chi connectivity index (χ0v) is 11.4. The molecule has 0 unspecified atom stereocenters. The van der Waals surface area contributed by atoms with E-state index in [4.69, 9.17) is 15.0 Å². The van der Waals surface area contributed by atoms with Crippen LogP contribution in [-0.2, 0) is 17.6 Å². The summed E-state index contributed by atoms with van der Waals surface area (Å²) >= 11 is 0. The van der Waals surface area contributed by atoms with Crippen molar-refractivity contribution in [2.75, 3.05) is 18.9 Å². The lowest BCUT2D eigenvalue weighted by Gasteiger charge is -2.18. The Labute approximate surface area is 118 Å². The van der Waals surface area contributed by atoms with Gasteiger partial charge < -0.3 is 15.0 Å². The van der Waals surface area contributed by atoms with Crippen molar-refractivity contribution in [3.05, 3.63) is 41.5 Å². The SMILES string of the molecule is Nc1ccc(CCc2nc(C3CCOCC3)no2)cc1. The molecule has 3 rings (SSSR count). The summed E-state index contributed by atoms with van der Waals surface area (Å²) in [7, 11) is 0. The lowest BCUT2D eigenvalue weighted by Crippen LogP contribution is -2.15. The van der Waals surface area contributed by atoms with Crippen molar-refractivity contribution in [1.82, 2.24) is 10.1 Å². The van der Waals surface area contributed by atoms with Crippen molar-refractivity contribution >= 4 is 5.69 Å². The monoisotopic (exact) mass is 273 g/mol. The first-order chi connectivity index (χ1) is 9.81. The van der Waals surface area contributed by atoms with E-state index in [0.717, 1.165) is 50.4 Å². The maximum atomic E-state index is 5.67. The second-order valence-corrected chi connectivity index (χ2v) is 5.17. The first-order valence-corrected chi connectivity index (χ1v) is 7.06. The average Bonchev–Trinajstić information content (AvgIpc) is 2.97. The highest BCUT2D eigenvalue weighted by Gasteiger charge is 2.21. The molecule has 2 N–H and O–H groups in total. The fourth-order valence-corrected chi connectivity index (χ4v) is 2.43. The second-order valence-electron chi connectivity index (χ2n) is 5.17. The van der Waals surface area contributed by atoms with Crippen LogP contribution in [0.15, 0.2) is 28.8 Å². The Morgan fingerprint density at radius 3 is 2.60 bits per heavy atom. The molecule has 0 atom stereocenters. The van der Waals surface area contributed by atoms with Crippen LogP contribution >= 0.6 is 0 Å². The summed E-state index contributed by atoms with van der Waals surface area (Å²) in [5.41, 5.74) is 7.68. The van der Waals surface area contributed by atoms with E-state index < -0.39 is 0 Å². The van der Waals surface area contributed by atoms with Gasteiger partial charge in [-0.1, -0.05) is 17.3 Å². The number of rotatable bonds is 4. The summed E-state index contributed by atoms with van der Waals surface area (Å²) in [6, 6.07) is 7.89. The van der Waals surface area contributed by atoms with Gasteiger partial charge in [-0.25, -0.2) is 0 Å². The molecule has 0 spiro atoms. The van der Waals surface area contributed by atoms with Gasteiger partial charge in [0.25, 0.3) is 0 Å². The third kappa shape index (κ3) is 3.17. The van der Waals surface area contributed by atoms with E-state index in [1.807, 2.05) is 24.3 Å². The molecule has 0 radical (unpaired) electrons. The van der Waals surface area contributed by atoms with Crippen molar-refractivity contribution in [3.63, 3.8) is 0 Å². The Balaban J connectivity index is 1.58. The molecule has 0 aliphatic carbocycles. The number of nitrogen functional groups attached to an aromatic ring is 1. The zero-order chi connectivity index (χ0) is 13.8. The first kappa shape index (κ1) is 13.1. The minimum absolute atomic E-state index is 0.387. The second kappa shape index (κ2) is 6.05. The molecule has 0 saturated carbocycles. The molecule has 1 aromatic heterocycles. The van der Waals surface area contributed by atoms with Crippen LogP contribution < -0.4 is 5.73 Å². The Morgan fingerprint density at radius 2 is 1.85 bits per heavy atom. The molecule has 1 aromatic carbocycles. The molecule has 5 heteroatoms. The van der Waals surface area contributed by atoms with Crippen LogP contribution in [0.4, 0.5) is 5.69 Å². The van der Waals surface area contributed by atoms with E-state index >= 15 is 0 Å². The van der Waals surface area contributed by atoms with E-state index in [0.29, 0.717) is 11.8 Å². The van der Waals surface area contributed by atoms with Gasteiger partial charge in [-0.05, 0) is 37.0 Å². The van der Waals surface area contributed by atoms with Crippen LogP contribution in [0.5, 0.6) is 0 Å². The molecule has 1 saturated heterocycles. The van der Waals surface area contributed by atoms with Gasteiger partial charge in [0, 0.05) is 31.2 Å². The van der Waals surface area contributed by atoms with Gasteiger partial charge in [-0.3, -0.25) is 0 Å². The molecule has 0 bridgehead atoms. The molecule has 5 nitrogen and oxygen atoms in total. The number of hydrogen-bond donors (Lipinski definition) is 1. The summed E-state index contributed by atoms with van der Waals surface area (Å²) < 4.78 is 10.7. The van der Waals surface area contributed by atoms with Crippen LogP contribution in [0.1, 0.15) is 36.0 Å². The molecular formula is C15H19N3O2. The van der Waals surface area contributed by atoms with Gasteiger partial charge in [0.1, 0.15) is 0 Å². The molecule has 2 aromatic rings. The zero-order valence-electron chi connectivity index (χ0n) is 11.4. The number of ether oxygens (including phenoxy) is 1. The predicted octanol–water partition coefficient (Wildman–Crippen LogP) is 2.33. The Bertz CT molecular complexity index is 545. The molecule has 2 heterocycles. The number of nitrogens with zero attached hydrogens (tertiary/aromatic N) is 2. The van der Waals surface area contributed by atoms with Crippen molar-refractivity contribution in [1.29, 1.82) is 0 Å². The number of aromatic nitrogens is 2. The van der Waals surface area contributed by atoms with Crippen LogP contribution in [0, 0.1) is 0 Å². The minimum Gasteiger partial charge on any atom is -0.399 e. The van der Waals surface area contributed by atoms with Crippen LogP contribution in [0.25, 0.3) is 0 Å². The van der Waals surface area contributed by atoms with Gasteiger partial charge in [-0.2, -0.15) is 4.98 Å². The van der Waals surface area contributed by atoms with Gasteiger partial charge in [0.05, 0.1) is 0 Å². The third-order valence-electron chi connectivity index (χ3n) is 3.68. The van der Waals surface area contributed by atoms with E-state index in [1.165, 1.54) is 5.56 Å². The predicted molar refractivity (Wildman–Crippen MR) is 75.4 cm³/mol. The largest absolute Gasteiger partial charge is 0.399 e. The maximum absolute atomic E-state index is 5.67. The highest BCUT2D eigenvalue weighted by atomic mass is 16.5. The maximum Gasteiger partial charge on any atom is 0.226 e. The summed E-state index contributed by atoms with van der Waals surface area (Å²) in [5.74, 6) is 1.93. The van der Waals surface area contributed by atoms with E-state index in [9.17, 15) is 0 Å². The smallest absolute Gasteiger partial charge is 0.226 e. The number of aryl methyl sites for hydroxylation is 2. The van der Waals surface area contributed by atoms with Crippen molar-refractivity contribution in [2.45, 2.75) is 31.6 Å². The Morgan fingerprint density at radius 1 is 1.10 bits per heavy atom. The van der Waals surface area contributed by atoms with E-state index in [1.54, 1.807) is 0 Å². The van der Waals surface area contributed by atoms with Crippen molar-refractivity contribution < 1.29 is 9.26 Å². The van der Waals surface area contributed by atoms with E-state index in [2.05, 4.69) is 10.1 Å². The first-order valence-electron chi connectivity index (χ1n) is 7.06. The standard InChI is InChI=1S/C15H19N3O2/c16-13-4-1-11(2-5-13)3-6-14-17-15(18-20-14)12-7-9-19-10-8-12/h1-2,4-5,12H,3,6-10,16H2. The quantitative estimate of drug-likeness (QED) is 0.865. The molecule has 1 aliphatic rings. The average molecular weight is 273 g/mol. The van der Waals surface area contributed by atoms with Gasteiger partial charge >= 0.3 is 0 Å². The summed E-state index contributed by atoms with van der Waals surface area (Å²) in [6.45, 7) is 1.58. The Hall–Kier alpha value is -1.88. The van der Waals surface area contributed by atoms with Crippen LogP contribution in [0.3, 0.4) is 0 Å². The van der Waals surface area contributed by atoms with Crippen LogP contribution in [-0.4, -0.2) is 23.4 Å². The molecule has 106 valence electrons. The lowest BCUT2D eigenvalue weighted by molar-refractivity contribution is 0.0830. The van der Waals surface area contributed by atoms with Gasteiger partial charge in [0.2, 0.25) is 5.89 Å². The fourth-order valence-electron chi connectivity index (χ4n) is 2.43. The summed E-state index contributed by atoms with van der Waals surface area (Å²) in [6.07, 6.45) is 3.61. The molecule has 1 fully saturated rings. The van der Waals surface area contributed by atoms with Crippen molar-refractivity contribution in [3.8, 4) is 0 Å². The normalized spacial score (nSPS) is 16.4. The van der Waals surface area contributed by atoms with Gasteiger partial charge in [0.15, 0.2) is 5.82 Å². The molecule has 20 heavy (non-hydrogen) atoms. The highest BCUT2D eigenvalue weighted by molar-refractivity contribution is 5.39. The highest BCUT2D eigenvalue weighted by Crippen LogP contribution is 2.24. The lowest BCUT2D eigenvalue weighted by atomic mass is 10.00. The summed E-state index contributed by atoms with van der Waals surface area (Å²) in [4.78, 5) is 4.51. The van der Waals surface area contributed by atoms with Gasteiger partial charge in [-0.15, -0.1) is 0 Å². The fraction of sp³-hybridized carbons (Fsp3) is 0.467. The van der Waals surface area contributed by atoms with Crippen LogP contribution in [0.2, 0.25) is 0 Å². The number of anilines is 1. The Kier molecular flexibility index (Phi) is 3.97. The topological polar surface area (TPSA) is 74.2 Å². The summed E-state index contributed by atoms with van der Waals surface area (Å²) in [5, 5.41) is 4.10. The number of nitrogens with two attached hydrogens (primary N) is 1. The molecule has 1 aliphatic heterocycles. The minimum atomic E-state index is 0.387. The number of benzene rings is 1. The van der Waals surface area contributed by atoms with E-state index in [-0.39, 0.29) is 0 Å². The molecular weight excluding hydrogens is 254 g/mol. The molecule has 0 amide bonds. The third-order valence-corrected chi connectivity index (χ3v) is 3.68. The van der Waals surface area contributed by atoms with Crippen molar-refractivity contribution in [2.24, 2.45) is 0 Å².